The summed E-state index contributed by atoms with van der Waals surface area (Å²) in [5.41, 5.74) is 6.26. The van der Waals surface area contributed by atoms with Crippen molar-refractivity contribution in [2.75, 3.05) is 0 Å². The molecule has 0 spiro atoms. The summed E-state index contributed by atoms with van der Waals surface area (Å²) >= 11 is 1.57. The normalized spacial score (nSPS) is 12.5. The Morgan fingerprint density at radius 1 is 1.85 bits per heavy atom. The minimum absolute atomic E-state index is 0.148. The van der Waals surface area contributed by atoms with E-state index in [0.29, 0.717) is 6.54 Å². The summed E-state index contributed by atoms with van der Waals surface area (Å²) in [4.78, 5) is 15.3. The van der Waals surface area contributed by atoms with Crippen LogP contribution < -0.4 is 11.1 Å². The van der Waals surface area contributed by atoms with Crippen LogP contribution in [0, 0.1) is 6.92 Å². The number of aryl methyl sites for hydroxylation is 1. The third-order valence-electron chi connectivity index (χ3n) is 1.52. The van der Waals surface area contributed by atoms with E-state index in [1.54, 1.807) is 18.3 Å². The number of nitrogens with zero attached hydrogens (tertiary/aromatic N) is 1. The van der Waals surface area contributed by atoms with E-state index in [1.807, 2.05) is 12.3 Å². The Bertz CT molecular complexity index is 295. The van der Waals surface area contributed by atoms with E-state index < -0.39 is 6.04 Å². The van der Waals surface area contributed by atoms with Crippen molar-refractivity contribution in [3.8, 4) is 0 Å². The molecule has 0 aromatic carbocycles. The first kappa shape index (κ1) is 10.1. The predicted molar refractivity (Wildman–Crippen MR) is 52.3 cm³/mol. The van der Waals surface area contributed by atoms with Crippen molar-refractivity contribution in [1.82, 2.24) is 10.3 Å². The van der Waals surface area contributed by atoms with Gasteiger partial charge in [-0.1, -0.05) is 0 Å². The van der Waals surface area contributed by atoms with Crippen LogP contribution in [0.1, 0.15) is 17.6 Å². The first-order valence-corrected chi connectivity index (χ1v) is 4.92. The van der Waals surface area contributed by atoms with Gasteiger partial charge in [0.2, 0.25) is 5.91 Å². The minimum atomic E-state index is -0.459. The number of carbonyl (C=O) groups is 1. The highest BCUT2D eigenvalue weighted by molar-refractivity contribution is 7.09. The molecule has 5 heteroatoms. The molecule has 1 rings (SSSR count). The first-order chi connectivity index (χ1) is 6.09. The summed E-state index contributed by atoms with van der Waals surface area (Å²) < 4.78 is 0. The lowest BCUT2D eigenvalue weighted by Crippen LogP contribution is -2.37. The summed E-state index contributed by atoms with van der Waals surface area (Å²) in [5.74, 6) is -0.148. The van der Waals surface area contributed by atoms with Crippen LogP contribution in [-0.4, -0.2) is 16.9 Å². The van der Waals surface area contributed by atoms with Crippen molar-refractivity contribution in [3.05, 3.63) is 16.1 Å². The smallest absolute Gasteiger partial charge is 0.236 e. The second kappa shape index (κ2) is 4.34. The monoisotopic (exact) mass is 199 g/mol. The lowest BCUT2D eigenvalue weighted by atomic mass is 10.3. The molecular weight excluding hydrogens is 186 g/mol. The molecule has 0 saturated carbocycles. The molecule has 0 unspecified atom stereocenters. The Morgan fingerprint density at radius 3 is 3.00 bits per heavy atom. The molecule has 1 aromatic rings. The molecule has 0 saturated heterocycles. The Kier molecular flexibility index (Phi) is 3.39. The number of nitrogens with one attached hydrogen (secondary N) is 1. The minimum Gasteiger partial charge on any atom is -0.349 e. The fourth-order valence-corrected chi connectivity index (χ4v) is 1.44. The highest BCUT2D eigenvalue weighted by Gasteiger charge is 2.06. The molecule has 4 nitrogen and oxygen atoms in total. The highest BCUT2D eigenvalue weighted by Crippen LogP contribution is 2.06. The fraction of sp³-hybridized carbons (Fsp3) is 0.500. The quantitative estimate of drug-likeness (QED) is 0.741. The number of nitrogens with two attached hydrogens (primary N) is 1. The number of carbonyl (C=O) groups excluding carboxylic acids is 1. The SMILES string of the molecule is Cc1nc(CNC(=O)[C@@H](C)N)cs1. The van der Waals surface area contributed by atoms with Crippen molar-refractivity contribution >= 4 is 17.2 Å². The summed E-state index contributed by atoms with van der Waals surface area (Å²) in [7, 11) is 0. The van der Waals surface area contributed by atoms with E-state index in [2.05, 4.69) is 10.3 Å². The molecule has 0 aliphatic heterocycles. The molecule has 0 bridgehead atoms. The van der Waals surface area contributed by atoms with Crippen LogP contribution in [0.4, 0.5) is 0 Å². The number of amides is 1. The third-order valence-corrected chi connectivity index (χ3v) is 2.35. The standard InChI is InChI=1S/C8H13N3OS/c1-5(9)8(12)10-3-7-4-13-6(2)11-7/h4-5H,3,9H2,1-2H3,(H,10,12)/t5-/m1/s1. The van der Waals surface area contributed by atoms with Crippen LogP contribution >= 0.6 is 11.3 Å². The molecular formula is C8H13N3OS. The number of rotatable bonds is 3. The highest BCUT2D eigenvalue weighted by atomic mass is 32.1. The lowest BCUT2D eigenvalue weighted by Gasteiger charge is -2.05. The first-order valence-electron chi connectivity index (χ1n) is 4.04. The number of thiazole rings is 1. The second-order valence-electron chi connectivity index (χ2n) is 2.86. The van der Waals surface area contributed by atoms with Crippen molar-refractivity contribution in [2.24, 2.45) is 5.73 Å². The molecule has 0 aliphatic rings. The molecule has 1 atom stereocenters. The van der Waals surface area contributed by atoms with Gasteiger partial charge >= 0.3 is 0 Å². The van der Waals surface area contributed by atoms with E-state index >= 15 is 0 Å². The van der Waals surface area contributed by atoms with E-state index in [9.17, 15) is 4.79 Å². The third kappa shape index (κ3) is 3.12. The van der Waals surface area contributed by atoms with Gasteiger partial charge in [0.1, 0.15) is 0 Å². The lowest BCUT2D eigenvalue weighted by molar-refractivity contribution is -0.122. The van der Waals surface area contributed by atoms with Gasteiger partial charge in [0, 0.05) is 5.38 Å². The molecule has 1 aromatic heterocycles. The van der Waals surface area contributed by atoms with Crippen molar-refractivity contribution in [3.63, 3.8) is 0 Å². The van der Waals surface area contributed by atoms with Gasteiger partial charge in [-0.2, -0.15) is 0 Å². The van der Waals surface area contributed by atoms with Crippen LogP contribution in [0.15, 0.2) is 5.38 Å². The van der Waals surface area contributed by atoms with Crippen LogP contribution in [0.3, 0.4) is 0 Å². The average molecular weight is 199 g/mol. The summed E-state index contributed by atoms with van der Waals surface area (Å²) in [6.07, 6.45) is 0. The van der Waals surface area contributed by atoms with Gasteiger partial charge in [0.05, 0.1) is 23.3 Å². The van der Waals surface area contributed by atoms with Gasteiger partial charge in [-0.3, -0.25) is 4.79 Å². The van der Waals surface area contributed by atoms with Gasteiger partial charge in [0.15, 0.2) is 0 Å². The maximum absolute atomic E-state index is 11.1. The average Bonchev–Trinajstić information content (AvgIpc) is 2.47. The molecule has 72 valence electrons. The van der Waals surface area contributed by atoms with E-state index in [1.165, 1.54) is 0 Å². The Morgan fingerprint density at radius 2 is 2.54 bits per heavy atom. The van der Waals surface area contributed by atoms with Gasteiger partial charge < -0.3 is 11.1 Å². The molecule has 13 heavy (non-hydrogen) atoms. The summed E-state index contributed by atoms with van der Waals surface area (Å²) in [5, 5.41) is 5.62. The van der Waals surface area contributed by atoms with Crippen molar-refractivity contribution < 1.29 is 4.79 Å². The summed E-state index contributed by atoms with van der Waals surface area (Å²) in [6, 6.07) is -0.459. The van der Waals surface area contributed by atoms with E-state index in [0.717, 1.165) is 10.7 Å². The van der Waals surface area contributed by atoms with Crippen LogP contribution in [0.5, 0.6) is 0 Å². The van der Waals surface area contributed by atoms with Gasteiger partial charge in [-0.15, -0.1) is 11.3 Å². The van der Waals surface area contributed by atoms with E-state index in [4.69, 9.17) is 5.73 Å². The van der Waals surface area contributed by atoms with Gasteiger partial charge in [-0.25, -0.2) is 4.98 Å². The Labute approximate surface area is 81.2 Å². The zero-order valence-corrected chi connectivity index (χ0v) is 8.52. The predicted octanol–water partition coefficient (Wildman–Crippen LogP) is 0.415. The number of hydrogen-bond donors (Lipinski definition) is 2. The van der Waals surface area contributed by atoms with Crippen LogP contribution in [0.25, 0.3) is 0 Å². The van der Waals surface area contributed by atoms with Crippen molar-refractivity contribution in [2.45, 2.75) is 26.4 Å². The topological polar surface area (TPSA) is 68.0 Å². The van der Waals surface area contributed by atoms with E-state index in [-0.39, 0.29) is 5.91 Å². The molecule has 1 amide bonds. The van der Waals surface area contributed by atoms with Crippen molar-refractivity contribution in [1.29, 1.82) is 0 Å². The maximum atomic E-state index is 11.1. The molecule has 1 heterocycles. The maximum Gasteiger partial charge on any atom is 0.236 e. The molecule has 0 radical (unpaired) electrons. The van der Waals surface area contributed by atoms with Crippen LogP contribution in [-0.2, 0) is 11.3 Å². The largest absolute Gasteiger partial charge is 0.349 e. The zero-order chi connectivity index (χ0) is 9.84. The van der Waals surface area contributed by atoms with Gasteiger partial charge in [0.25, 0.3) is 0 Å². The van der Waals surface area contributed by atoms with Crippen LogP contribution in [0.2, 0.25) is 0 Å². The molecule has 0 aliphatic carbocycles. The van der Waals surface area contributed by atoms with Gasteiger partial charge in [-0.05, 0) is 13.8 Å². The number of aromatic nitrogens is 1. The molecule has 3 N–H and O–H groups in total. The number of hydrogen-bond acceptors (Lipinski definition) is 4. The Balaban J connectivity index is 2.39. The second-order valence-corrected chi connectivity index (χ2v) is 3.93. The fourth-order valence-electron chi connectivity index (χ4n) is 0.828. The Hall–Kier alpha value is -0.940. The zero-order valence-electron chi connectivity index (χ0n) is 7.70. The molecule has 0 fully saturated rings. The summed E-state index contributed by atoms with van der Waals surface area (Å²) in [6.45, 7) is 4.05.